The summed E-state index contributed by atoms with van der Waals surface area (Å²) in [7, 11) is 1.60. The molecular formula is C24H20FN3O3S. The van der Waals surface area contributed by atoms with Gasteiger partial charge >= 0.3 is 5.97 Å². The summed E-state index contributed by atoms with van der Waals surface area (Å²) in [5, 5.41) is 8.87. The fraction of sp³-hybridized carbons (Fsp3) is 0.125. The van der Waals surface area contributed by atoms with Gasteiger partial charge in [0.1, 0.15) is 18.2 Å². The Kier molecular flexibility index (Phi) is 6.81. The van der Waals surface area contributed by atoms with Gasteiger partial charge in [-0.2, -0.15) is 0 Å². The second-order valence-electron chi connectivity index (χ2n) is 6.75. The number of nitrogens with zero attached hydrogens (tertiary/aromatic N) is 3. The summed E-state index contributed by atoms with van der Waals surface area (Å²) in [6.07, 6.45) is 0. The lowest BCUT2D eigenvalue weighted by Crippen LogP contribution is -2.08. The zero-order valence-corrected chi connectivity index (χ0v) is 18.1. The SMILES string of the molecule is COc1ccc(COC(=O)CSc2nnc(-c3ccccc3F)n2-c2ccccc2)cc1. The number of methoxy groups -OCH3 is 1. The van der Waals surface area contributed by atoms with Crippen molar-refractivity contribution in [2.45, 2.75) is 11.8 Å². The predicted molar refractivity (Wildman–Crippen MR) is 120 cm³/mol. The number of carbonyl (C=O) groups excluding carboxylic acids is 1. The molecule has 3 aromatic carbocycles. The van der Waals surface area contributed by atoms with Gasteiger partial charge in [0.2, 0.25) is 0 Å². The Balaban J connectivity index is 1.49. The lowest BCUT2D eigenvalue weighted by molar-refractivity contribution is -0.141. The number of carbonyl (C=O) groups is 1. The number of hydrogen-bond donors (Lipinski definition) is 0. The van der Waals surface area contributed by atoms with E-state index in [9.17, 15) is 9.18 Å². The molecule has 6 nitrogen and oxygen atoms in total. The minimum absolute atomic E-state index is 0.0401. The summed E-state index contributed by atoms with van der Waals surface area (Å²) in [5.74, 6) is 0.358. The smallest absolute Gasteiger partial charge is 0.316 e. The highest BCUT2D eigenvalue weighted by Gasteiger charge is 2.19. The van der Waals surface area contributed by atoms with Crippen LogP contribution in [0.5, 0.6) is 5.75 Å². The first kappa shape index (κ1) is 21.6. The monoisotopic (exact) mass is 449 g/mol. The Bertz CT molecular complexity index is 1200. The molecule has 1 aromatic heterocycles. The summed E-state index contributed by atoms with van der Waals surface area (Å²) < 4.78 is 26.7. The maximum atomic E-state index is 14.4. The molecular weight excluding hydrogens is 429 g/mol. The van der Waals surface area contributed by atoms with Crippen molar-refractivity contribution in [2.75, 3.05) is 12.9 Å². The molecule has 8 heteroatoms. The number of aromatic nitrogens is 3. The van der Waals surface area contributed by atoms with Crippen LogP contribution in [0.15, 0.2) is 84.0 Å². The molecule has 0 spiro atoms. The Labute approximate surface area is 189 Å². The number of esters is 1. The van der Waals surface area contributed by atoms with Crippen LogP contribution in [0.2, 0.25) is 0 Å². The number of rotatable bonds is 8. The molecule has 0 bridgehead atoms. The van der Waals surface area contributed by atoms with E-state index >= 15 is 0 Å². The molecule has 0 amide bonds. The third-order valence-electron chi connectivity index (χ3n) is 4.64. The van der Waals surface area contributed by atoms with E-state index in [4.69, 9.17) is 9.47 Å². The van der Waals surface area contributed by atoms with Gasteiger partial charge in [-0.15, -0.1) is 10.2 Å². The fourth-order valence-corrected chi connectivity index (χ4v) is 3.79. The summed E-state index contributed by atoms with van der Waals surface area (Å²) in [5.41, 5.74) is 1.96. The second kappa shape index (κ2) is 10.1. The number of halogens is 1. The average molecular weight is 450 g/mol. The van der Waals surface area contributed by atoms with Crippen LogP contribution in [0.25, 0.3) is 17.1 Å². The van der Waals surface area contributed by atoms with Crippen molar-refractivity contribution < 1.29 is 18.7 Å². The van der Waals surface area contributed by atoms with Crippen molar-refractivity contribution in [3.8, 4) is 22.8 Å². The van der Waals surface area contributed by atoms with Gasteiger partial charge in [0, 0.05) is 5.69 Å². The molecule has 0 saturated carbocycles. The standard InChI is InChI=1S/C24H20FN3O3S/c1-30-19-13-11-17(12-14-19)15-31-22(29)16-32-24-27-26-23(20-9-5-6-10-21(20)25)28(24)18-7-3-2-4-8-18/h2-14H,15-16H2,1H3. The molecule has 0 aliphatic heterocycles. The van der Waals surface area contributed by atoms with Crippen LogP contribution in [-0.2, 0) is 16.1 Å². The largest absolute Gasteiger partial charge is 0.497 e. The first-order valence-corrected chi connectivity index (χ1v) is 10.8. The summed E-state index contributed by atoms with van der Waals surface area (Å²) in [4.78, 5) is 12.3. The molecule has 0 aliphatic carbocycles. The Morgan fingerprint density at radius 2 is 1.69 bits per heavy atom. The summed E-state index contributed by atoms with van der Waals surface area (Å²) in [6.45, 7) is 0.162. The van der Waals surface area contributed by atoms with E-state index in [1.807, 2.05) is 54.6 Å². The number of hydrogen-bond acceptors (Lipinski definition) is 6. The molecule has 32 heavy (non-hydrogen) atoms. The van der Waals surface area contributed by atoms with Crippen LogP contribution in [0.4, 0.5) is 4.39 Å². The number of benzene rings is 3. The van der Waals surface area contributed by atoms with Gasteiger partial charge in [-0.1, -0.05) is 54.2 Å². The molecule has 0 saturated heterocycles. The lowest BCUT2D eigenvalue weighted by Gasteiger charge is -2.11. The normalized spacial score (nSPS) is 10.7. The van der Waals surface area contributed by atoms with Crippen LogP contribution in [0.3, 0.4) is 0 Å². The number of ether oxygens (including phenoxy) is 2. The van der Waals surface area contributed by atoms with E-state index in [0.29, 0.717) is 16.5 Å². The van der Waals surface area contributed by atoms with Crippen molar-refractivity contribution in [3.05, 3.63) is 90.2 Å². The molecule has 0 aliphatic rings. The van der Waals surface area contributed by atoms with Crippen LogP contribution < -0.4 is 4.74 Å². The highest BCUT2D eigenvalue weighted by Crippen LogP contribution is 2.29. The first-order chi connectivity index (χ1) is 15.7. The molecule has 0 atom stereocenters. The molecule has 1 heterocycles. The molecule has 4 aromatic rings. The molecule has 0 radical (unpaired) electrons. The fourth-order valence-electron chi connectivity index (χ4n) is 3.04. The quantitative estimate of drug-likeness (QED) is 0.281. The van der Waals surface area contributed by atoms with Gasteiger partial charge in [0.25, 0.3) is 0 Å². The van der Waals surface area contributed by atoms with Crippen molar-refractivity contribution in [2.24, 2.45) is 0 Å². The maximum Gasteiger partial charge on any atom is 0.316 e. The Morgan fingerprint density at radius 3 is 2.41 bits per heavy atom. The molecule has 4 rings (SSSR count). The van der Waals surface area contributed by atoms with Crippen molar-refractivity contribution in [3.63, 3.8) is 0 Å². The van der Waals surface area contributed by atoms with E-state index < -0.39 is 5.82 Å². The van der Waals surface area contributed by atoms with E-state index in [0.717, 1.165) is 17.0 Å². The van der Waals surface area contributed by atoms with Gasteiger partial charge in [0.15, 0.2) is 11.0 Å². The van der Waals surface area contributed by atoms with Crippen molar-refractivity contribution in [1.29, 1.82) is 0 Å². The third-order valence-corrected chi connectivity index (χ3v) is 5.54. The number of thioether (sulfide) groups is 1. The van der Waals surface area contributed by atoms with Crippen molar-refractivity contribution >= 4 is 17.7 Å². The Hall–Kier alpha value is -3.65. The minimum Gasteiger partial charge on any atom is -0.497 e. The van der Waals surface area contributed by atoms with Crippen LogP contribution in [0, 0.1) is 5.82 Å². The molecule has 0 fully saturated rings. The van der Waals surface area contributed by atoms with E-state index in [1.165, 1.54) is 17.8 Å². The molecule has 162 valence electrons. The maximum absolute atomic E-state index is 14.4. The zero-order chi connectivity index (χ0) is 22.3. The van der Waals surface area contributed by atoms with Crippen LogP contribution in [-0.4, -0.2) is 33.6 Å². The second-order valence-corrected chi connectivity index (χ2v) is 7.70. The number of para-hydroxylation sites is 1. The zero-order valence-electron chi connectivity index (χ0n) is 17.3. The first-order valence-electron chi connectivity index (χ1n) is 9.83. The molecule has 0 N–H and O–H groups in total. The van der Waals surface area contributed by atoms with Gasteiger partial charge in [-0.3, -0.25) is 9.36 Å². The summed E-state index contributed by atoms with van der Waals surface area (Å²) >= 11 is 1.18. The third kappa shape index (κ3) is 4.97. The minimum atomic E-state index is -0.396. The highest BCUT2D eigenvalue weighted by atomic mass is 32.2. The van der Waals surface area contributed by atoms with Gasteiger partial charge in [-0.25, -0.2) is 4.39 Å². The van der Waals surface area contributed by atoms with E-state index in [1.54, 1.807) is 29.9 Å². The predicted octanol–water partition coefficient (Wildman–Crippen LogP) is 4.92. The van der Waals surface area contributed by atoms with Crippen LogP contribution in [0.1, 0.15) is 5.56 Å². The van der Waals surface area contributed by atoms with E-state index in [2.05, 4.69) is 10.2 Å². The Morgan fingerprint density at radius 1 is 0.969 bits per heavy atom. The molecule has 0 unspecified atom stereocenters. The lowest BCUT2D eigenvalue weighted by atomic mass is 10.2. The summed E-state index contributed by atoms with van der Waals surface area (Å²) in [6, 6.07) is 23.1. The van der Waals surface area contributed by atoms with Gasteiger partial charge in [0.05, 0.1) is 18.4 Å². The average Bonchev–Trinajstić information content (AvgIpc) is 3.26. The van der Waals surface area contributed by atoms with Gasteiger partial charge < -0.3 is 9.47 Å². The van der Waals surface area contributed by atoms with E-state index in [-0.39, 0.29) is 18.3 Å². The van der Waals surface area contributed by atoms with Crippen molar-refractivity contribution in [1.82, 2.24) is 14.8 Å². The highest BCUT2D eigenvalue weighted by molar-refractivity contribution is 7.99. The van der Waals surface area contributed by atoms with Gasteiger partial charge in [-0.05, 0) is 42.0 Å². The topological polar surface area (TPSA) is 66.2 Å². The van der Waals surface area contributed by atoms with Crippen LogP contribution >= 0.6 is 11.8 Å².